The molecule has 0 fully saturated rings. The van der Waals surface area contributed by atoms with E-state index in [2.05, 4.69) is 4.98 Å². The fraction of sp³-hybridized carbons (Fsp3) is 0.375. The highest BCUT2D eigenvalue weighted by Crippen LogP contribution is 2.19. The maximum atomic E-state index is 12.6. The van der Waals surface area contributed by atoms with Gasteiger partial charge in [0.25, 0.3) is 5.91 Å². The summed E-state index contributed by atoms with van der Waals surface area (Å²) in [5.74, 6) is 0.310. The minimum atomic E-state index is 0.0204. The molecule has 0 bridgehead atoms. The third-order valence-electron chi connectivity index (χ3n) is 3.41. The van der Waals surface area contributed by atoms with E-state index in [1.165, 1.54) is 0 Å². The van der Waals surface area contributed by atoms with Crippen molar-refractivity contribution in [1.82, 2.24) is 9.88 Å². The Morgan fingerprint density at radius 3 is 2.80 bits per heavy atom. The van der Waals surface area contributed by atoms with Gasteiger partial charge in [-0.05, 0) is 31.5 Å². The van der Waals surface area contributed by atoms with Gasteiger partial charge in [0.15, 0.2) is 0 Å². The molecule has 2 N–H and O–H groups in total. The molecule has 0 radical (unpaired) electrons. The lowest BCUT2D eigenvalue weighted by molar-refractivity contribution is 0.0779. The number of aryl methyl sites for hydroxylation is 1. The summed E-state index contributed by atoms with van der Waals surface area (Å²) < 4.78 is 0. The van der Waals surface area contributed by atoms with Crippen molar-refractivity contribution in [1.29, 1.82) is 0 Å². The van der Waals surface area contributed by atoms with Gasteiger partial charge in [0.1, 0.15) is 0 Å². The molecule has 0 aliphatic carbocycles. The highest BCUT2D eigenvalue weighted by Gasteiger charge is 2.17. The molecule has 2 aromatic rings. The first kappa shape index (κ1) is 14.5. The average Bonchev–Trinajstić information content (AvgIpc) is 2.45. The SMILES string of the molecule is Cc1cc(C(=O)N(C)CC(C)CN)c2ccccc2n1. The number of pyridine rings is 1. The van der Waals surface area contributed by atoms with Crippen LogP contribution in [0.2, 0.25) is 0 Å². The molecule has 0 saturated carbocycles. The highest BCUT2D eigenvalue weighted by molar-refractivity contribution is 6.06. The predicted molar refractivity (Wildman–Crippen MR) is 81.7 cm³/mol. The number of para-hydroxylation sites is 1. The molecule has 0 aliphatic heterocycles. The summed E-state index contributed by atoms with van der Waals surface area (Å²) in [7, 11) is 1.82. The molecule has 0 saturated heterocycles. The molecule has 1 atom stereocenters. The van der Waals surface area contributed by atoms with Crippen LogP contribution in [0.25, 0.3) is 10.9 Å². The van der Waals surface area contributed by atoms with Gasteiger partial charge < -0.3 is 10.6 Å². The quantitative estimate of drug-likeness (QED) is 0.927. The number of amides is 1. The van der Waals surface area contributed by atoms with Gasteiger partial charge in [0, 0.05) is 24.7 Å². The van der Waals surface area contributed by atoms with Gasteiger partial charge in [-0.1, -0.05) is 25.1 Å². The topological polar surface area (TPSA) is 59.2 Å². The number of carbonyl (C=O) groups excluding carboxylic acids is 1. The zero-order chi connectivity index (χ0) is 14.7. The molecule has 4 nitrogen and oxygen atoms in total. The fourth-order valence-corrected chi connectivity index (χ4v) is 2.32. The normalized spacial score (nSPS) is 12.4. The molecule has 0 aliphatic rings. The summed E-state index contributed by atoms with van der Waals surface area (Å²) in [5.41, 5.74) is 8.05. The molecule has 1 aromatic heterocycles. The van der Waals surface area contributed by atoms with Crippen molar-refractivity contribution in [2.24, 2.45) is 11.7 Å². The number of benzene rings is 1. The maximum Gasteiger partial charge on any atom is 0.254 e. The molecule has 4 heteroatoms. The van der Waals surface area contributed by atoms with E-state index in [0.29, 0.717) is 18.7 Å². The van der Waals surface area contributed by atoms with Crippen LogP contribution in [0.3, 0.4) is 0 Å². The van der Waals surface area contributed by atoms with Crippen molar-refractivity contribution in [2.45, 2.75) is 13.8 Å². The lowest BCUT2D eigenvalue weighted by Crippen LogP contribution is -2.33. The number of aromatic nitrogens is 1. The van der Waals surface area contributed by atoms with Crippen LogP contribution in [0.1, 0.15) is 23.0 Å². The Hall–Kier alpha value is -1.94. The van der Waals surface area contributed by atoms with Crippen molar-refractivity contribution in [3.8, 4) is 0 Å². The summed E-state index contributed by atoms with van der Waals surface area (Å²) in [5, 5.41) is 0.898. The third kappa shape index (κ3) is 2.96. The Labute approximate surface area is 119 Å². The number of fused-ring (bicyclic) bond motifs is 1. The largest absolute Gasteiger partial charge is 0.341 e. The van der Waals surface area contributed by atoms with E-state index in [-0.39, 0.29) is 11.8 Å². The van der Waals surface area contributed by atoms with Gasteiger partial charge in [0.2, 0.25) is 0 Å². The van der Waals surface area contributed by atoms with Crippen LogP contribution < -0.4 is 5.73 Å². The van der Waals surface area contributed by atoms with E-state index in [1.807, 2.05) is 51.2 Å². The first-order valence-electron chi connectivity index (χ1n) is 6.85. The molecule has 1 heterocycles. The Kier molecular flexibility index (Phi) is 4.35. The minimum absolute atomic E-state index is 0.0204. The predicted octanol–water partition coefficient (Wildman–Crippen LogP) is 2.21. The lowest BCUT2D eigenvalue weighted by atomic mass is 10.1. The first-order chi connectivity index (χ1) is 9.52. The Morgan fingerprint density at radius 1 is 1.40 bits per heavy atom. The molecule has 20 heavy (non-hydrogen) atoms. The molecule has 1 unspecified atom stereocenters. The summed E-state index contributed by atoms with van der Waals surface area (Å²) >= 11 is 0. The van der Waals surface area contributed by atoms with Crippen LogP contribution in [0, 0.1) is 12.8 Å². The van der Waals surface area contributed by atoms with Crippen molar-refractivity contribution in [3.63, 3.8) is 0 Å². The molecule has 2 rings (SSSR count). The number of hydrogen-bond donors (Lipinski definition) is 1. The van der Waals surface area contributed by atoms with Crippen LogP contribution in [0.5, 0.6) is 0 Å². The van der Waals surface area contributed by atoms with Crippen molar-refractivity contribution < 1.29 is 4.79 Å². The zero-order valence-corrected chi connectivity index (χ0v) is 12.3. The van der Waals surface area contributed by atoms with E-state index in [1.54, 1.807) is 4.90 Å². The number of carbonyl (C=O) groups is 1. The smallest absolute Gasteiger partial charge is 0.254 e. The standard InChI is InChI=1S/C16H21N3O/c1-11(9-17)10-19(3)16(20)14-8-12(2)18-15-7-5-4-6-13(14)15/h4-8,11H,9-10,17H2,1-3H3. The van der Waals surface area contributed by atoms with Gasteiger partial charge >= 0.3 is 0 Å². The minimum Gasteiger partial charge on any atom is -0.341 e. The molecular weight excluding hydrogens is 250 g/mol. The van der Waals surface area contributed by atoms with E-state index in [0.717, 1.165) is 16.6 Å². The van der Waals surface area contributed by atoms with Crippen molar-refractivity contribution in [3.05, 3.63) is 41.6 Å². The Balaban J connectivity index is 2.39. The molecule has 1 amide bonds. The molecule has 106 valence electrons. The number of hydrogen-bond acceptors (Lipinski definition) is 3. The highest BCUT2D eigenvalue weighted by atomic mass is 16.2. The van der Waals surface area contributed by atoms with E-state index < -0.39 is 0 Å². The van der Waals surface area contributed by atoms with Crippen LogP contribution in [0.15, 0.2) is 30.3 Å². The fourth-order valence-electron chi connectivity index (χ4n) is 2.32. The maximum absolute atomic E-state index is 12.6. The third-order valence-corrected chi connectivity index (χ3v) is 3.41. The first-order valence-corrected chi connectivity index (χ1v) is 6.85. The zero-order valence-electron chi connectivity index (χ0n) is 12.3. The summed E-state index contributed by atoms with van der Waals surface area (Å²) in [6.07, 6.45) is 0. The van der Waals surface area contributed by atoms with Gasteiger partial charge in [0.05, 0.1) is 11.1 Å². The number of nitrogens with zero attached hydrogens (tertiary/aromatic N) is 2. The van der Waals surface area contributed by atoms with Gasteiger partial charge in [-0.15, -0.1) is 0 Å². The van der Waals surface area contributed by atoms with Gasteiger partial charge in [-0.2, -0.15) is 0 Å². The average molecular weight is 271 g/mol. The summed E-state index contributed by atoms with van der Waals surface area (Å²) in [6, 6.07) is 9.59. The van der Waals surface area contributed by atoms with E-state index >= 15 is 0 Å². The lowest BCUT2D eigenvalue weighted by Gasteiger charge is -2.21. The van der Waals surface area contributed by atoms with Crippen LogP contribution in [-0.2, 0) is 0 Å². The molecular formula is C16H21N3O. The summed E-state index contributed by atoms with van der Waals surface area (Å²) in [6.45, 7) is 5.18. The Bertz CT molecular complexity index is 624. The van der Waals surface area contributed by atoms with E-state index in [4.69, 9.17) is 5.73 Å². The molecule has 1 aromatic carbocycles. The summed E-state index contributed by atoms with van der Waals surface area (Å²) in [4.78, 5) is 18.8. The van der Waals surface area contributed by atoms with Crippen LogP contribution >= 0.6 is 0 Å². The monoisotopic (exact) mass is 271 g/mol. The second-order valence-corrected chi connectivity index (χ2v) is 5.35. The van der Waals surface area contributed by atoms with Crippen molar-refractivity contribution in [2.75, 3.05) is 20.1 Å². The van der Waals surface area contributed by atoms with E-state index in [9.17, 15) is 4.79 Å². The second kappa shape index (κ2) is 6.01. The number of rotatable bonds is 4. The second-order valence-electron chi connectivity index (χ2n) is 5.35. The van der Waals surface area contributed by atoms with Crippen LogP contribution in [-0.4, -0.2) is 35.9 Å². The van der Waals surface area contributed by atoms with Crippen molar-refractivity contribution >= 4 is 16.8 Å². The number of nitrogens with two attached hydrogens (primary N) is 1. The molecule has 0 spiro atoms. The van der Waals surface area contributed by atoms with Crippen LogP contribution in [0.4, 0.5) is 0 Å². The van der Waals surface area contributed by atoms with Gasteiger partial charge in [-0.3, -0.25) is 9.78 Å². The Morgan fingerprint density at radius 2 is 2.10 bits per heavy atom. The van der Waals surface area contributed by atoms with Gasteiger partial charge in [-0.25, -0.2) is 0 Å².